The van der Waals surface area contributed by atoms with Crippen molar-refractivity contribution < 1.29 is 9.47 Å². The van der Waals surface area contributed by atoms with E-state index < -0.39 is 0 Å². The summed E-state index contributed by atoms with van der Waals surface area (Å²) in [5.41, 5.74) is 4.27. The zero-order chi connectivity index (χ0) is 18.9. The molecule has 0 aliphatic rings. The molecule has 4 heteroatoms. The molecule has 0 saturated heterocycles. The molecule has 0 saturated carbocycles. The van der Waals surface area contributed by atoms with E-state index in [0.717, 1.165) is 48.4 Å². The summed E-state index contributed by atoms with van der Waals surface area (Å²) in [6, 6.07) is 16.4. The molecule has 0 atom stereocenters. The lowest BCUT2D eigenvalue weighted by molar-refractivity contribution is 0.292. The molecule has 0 aliphatic heterocycles. The minimum absolute atomic E-state index is 0.488. The zero-order valence-electron chi connectivity index (χ0n) is 16.0. The van der Waals surface area contributed by atoms with Crippen LogP contribution in [0.5, 0.6) is 11.6 Å². The number of unbranched alkanes of at least 4 members (excludes halogenated alkanes) is 1. The molecule has 140 valence electrons. The fourth-order valence-electron chi connectivity index (χ4n) is 2.62. The smallest absolute Gasteiger partial charge is 0.232 e. The Hall–Kier alpha value is -2.88. The molecule has 3 rings (SSSR count). The fraction of sp³-hybridized carbons (Fsp3) is 0.304. The van der Waals surface area contributed by atoms with Crippen LogP contribution >= 0.6 is 0 Å². The highest BCUT2D eigenvalue weighted by Crippen LogP contribution is 2.21. The van der Waals surface area contributed by atoms with Crippen LogP contribution in [0.2, 0.25) is 0 Å². The number of ether oxygens (including phenoxy) is 2. The molecular weight excluding hydrogens is 336 g/mol. The Balaban J connectivity index is 1.56. The summed E-state index contributed by atoms with van der Waals surface area (Å²) in [6.45, 7) is 5.54. The average Bonchev–Trinajstić information content (AvgIpc) is 2.74. The van der Waals surface area contributed by atoms with E-state index in [0.29, 0.717) is 12.5 Å². The summed E-state index contributed by atoms with van der Waals surface area (Å²) in [7, 11) is 0. The topological polar surface area (TPSA) is 44.2 Å². The molecule has 0 bridgehead atoms. The first-order valence-electron chi connectivity index (χ1n) is 9.54. The maximum absolute atomic E-state index is 5.74. The lowest BCUT2D eigenvalue weighted by atomic mass is 10.1. The Kier molecular flexibility index (Phi) is 6.80. The van der Waals surface area contributed by atoms with Crippen molar-refractivity contribution in [3.8, 4) is 22.9 Å². The van der Waals surface area contributed by atoms with Gasteiger partial charge in [-0.05, 0) is 48.2 Å². The first-order valence-corrected chi connectivity index (χ1v) is 9.54. The van der Waals surface area contributed by atoms with E-state index in [4.69, 9.17) is 9.47 Å². The second kappa shape index (κ2) is 9.72. The van der Waals surface area contributed by atoms with Crippen LogP contribution < -0.4 is 9.47 Å². The summed E-state index contributed by atoms with van der Waals surface area (Å²) in [5.74, 6) is 1.41. The molecule has 0 amide bonds. The van der Waals surface area contributed by atoms with Gasteiger partial charge in [0.25, 0.3) is 0 Å². The van der Waals surface area contributed by atoms with Gasteiger partial charge in [0, 0.05) is 5.56 Å². The number of aromatic nitrogens is 2. The molecule has 27 heavy (non-hydrogen) atoms. The molecule has 0 N–H and O–H groups in total. The number of hydrogen-bond donors (Lipinski definition) is 0. The van der Waals surface area contributed by atoms with Gasteiger partial charge >= 0.3 is 0 Å². The van der Waals surface area contributed by atoms with Gasteiger partial charge in [0.1, 0.15) is 12.4 Å². The maximum atomic E-state index is 5.74. The maximum Gasteiger partial charge on any atom is 0.232 e. The van der Waals surface area contributed by atoms with Crippen molar-refractivity contribution in [2.75, 3.05) is 6.61 Å². The number of rotatable bonds is 9. The van der Waals surface area contributed by atoms with Crippen molar-refractivity contribution in [3.05, 3.63) is 72.1 Å². The molecule has 0 spiro atoms. The summed E-state index contributed by atoms with van der Waals surface area (Å²) in [4.78, 5) is 8.84. The van der Waals surface area contributed by atoms with Crippen molar-refractivity contribution in [2.45, 2.75) is 39.7 Å². The summed E-state index contributed by atoms with van der Waals surface area (Å²) < 4.78 is 11.4. The lowest BCUT2D eigenvalue weighted by Crippen LogP contribution is -1.98. The Morgan fingerprint density at radius 2 is 1.52 bits per heavy atom. The molecule has 2 aromatic carbocycles. The minimum Gasteiger partial charge on any atom is -0.494 e. The van der Waals surface area contributed by atoms with Gasteiger partial charge in [-0.1, -0.05) is 44.5 Å². The predicted molar refractivity (Wildman–Crippen MR) is 108 cm³/mol. The van der Waals surface area contributed by atoms with E-state index >= 15 is 0 Å². The number of benzene rings is 2. The molecule has 0 fully saturated rings. The van der Waals surface area contributed by atoms with E-state index in [1.165, 1.54) is 5.56 Å². The van der Waals surface area contributed by atoms with E-state index in [2.05, 4.69) is 48.1 Å². The number of hydrogen-bond acceptors (Lipinski definition) is 4. The number of nitrogens with zero attached hydrogens (tertiary/aromatic N) is 2. The average molecular weight is 362 g/mol. The normalized spacial score (nSPS) is 10.6. The predicted octanol–water partition coefficient (Wildman–Crippen LogP) is 5.46. The summed E-state index contributed by atoms with van der Waals surface area (Å²) in [6.07, 6.45) is 6.65. The second-order valence-electron chi connectivity index (χ2n) is 6.42. The summed E-state index contributed by atoms with van der Waals surface area (Å²) >= 11 is 0. The third-order valence-corrected chi connectivity index (χ3v) is 4.36. The van der Waals surface area contributed by atoms with Gasteiger partial charge in [0.15, 0.2) is 0 Å². The molecule has 0 radical (unpaired) electrons. The first kappa shape index (κ1) is 18.9. The Bertz CT molecular complexity index is 813. The highest BCUT2D eigenvalue weighted by molar-refractivity contribution is 5.59. The van der Waals surface area contributed by atoms with Crippen molar-refractivity contribution in [1.29, 1.82) is 0 Å². The Morgan fingerprint density at radius 3 is 2.15 bits per heavy atom. The van der Waals surface area contributed by atoms with Gasteiger partial charge in [-0.2, -0.15) is 0 Å². The van der Waals surface area contributed by atoms with Gasteiger partial charge in [0.05, 0.1) is 24.7 Å². The SMILES string of the molecule is CCCCOc1ccc(-c2cnc(OCc3ccc(CC)cc3)cn2)cc1. The minimum atomic E-state index is 0.488. The van der Waals surface area contributed by atoms with Gasteiger partial charge in [-0.25, -0.2) is 9.97 Å². The van der Waals surface area contributed by atoms with E-state index in [1.54, 1.807) is 12.4 Å². The third kappa shape index (κ3) is 5.55. The monoisotopic (exact) mass is 362 g/mol. The zero-order valence-corrected chi connectivity index (χ0v) is 16.0. The molecular formula is C23H26N2O2. The van der Waals surface area contributed by atoms with E-state index in [-0.39, 0.29) is 0 Å². The van der Waals surface area contributed by atoms with E-state index in [1.807, 2.05) is 24.3 Å². The molecule has 0 unspecified atom stereocenters. The van der Waals surface area contributed by atoms with Crippen molar-refractivity contribution in [2.24, 2.45) is 0 Å². The van der Waals surface area contributed by atoms with Crippen LogP contribution in [0.15, 0.2) is 60.9 Å². The number of aryl methyl sites for hydroxylation is 1. The standard InChI is InChI=1S/C23H26N2O2/c1-3-5-14-26-21-12-10-20(11-13-21)22-15-25-23(16-24-22)27-17-19-8-6-18(4-2)7-9-19/h6-13,15-16H,3-5,14,17H2,1-2H3. The fourth-order valence-corrected chi connectivity index (χ4v) is 2.62. The van der Waals surface area contributed by atoms with Crippen LogP contribution in [-0.2, 0) is 13.0 Å². The van der Waals surface area contributed by atoms with Crippen LogP contribution in [0.25, 0.3) is 11.3 Å². The molecule has 1 aromatic heterocycles. The lowest BCUT2D eigenvalue weighted by Gasteiger charge is -2.08. The molecule has 3 aromatic rings. The van der Waals surface area contributed by atoms with Crippen molar-refractivity contribution in [3.63, 3.8) is 0 Å². The summed E-state index contributed by atoms with van der Waals surface area (Å²) in [5, 5.41) is 0. The third-order valence-electron chi connectivity index (χ3n) is 4.36. The van der Waals surface area contributed by atoms with Gasteiger partial charge < -0.3 is 9.47 Å². The van der Waals surface area contributed by atoms with Crippen LogP contribution in [0.3, 0.4) is 0 Å². The molecule has 1 heterocycles. The molecule has 0 aliphatic carbocycles. The highest BCUT2D eigenvalue weighted by atomic mass is 16.5. The van der Waals surface area contributed by atoms with Gasteiger partial charge in [0.2, 0.25) is 5.88 Å². The van der Waals surface area contributed by atoms with Crippen molar-refractivity contribution in [1.82, 2.24) is 9.97 Å². The van der Waals surface area contributed by atoms with Crippen LogP contribution in [0, 0.1) is 0 Å². The van der Waals surface area contributed by atoms with Crippen LogP contribution in [0.1, 0.15) is 37.8 Å². The second-order valence-corrected chi connectivity index (χ2v) is 6.42. The van der Waals surface area contributed by atoms with Crippen LogP contribution in [0.4, 0.5) is 0 Å². The van der Waals surface area contributed by atoms with Gasteiger partial charge in [-0.3, -0.25) is 0 Å². The Labute approximate surface area is 161 Å². The molecule has 4 nitrogen and oxygen atoms in total. The first-order chi connectivity index (χ1) is 13.3. The largest absolute Gasteiger partial charge is 0.494 e. The van der Waals surface area contributed by atoms with Crippen LogP contribution in [-0.4, -0.2) is 16.6 Å². The Morgan fingerprint density at radius 1 is 0.778 bits per heavy atom. The quantitative estimate of drug-likeness (QED) is 0.474. The van der Waals surface area contributed by atoms with Gasteiger partial charge in [-0.15, -0.1) is 0 Å². The highest BCUT2D eigenvalue weighted by Gasteiger charge is 2.03. The van der Waals surface area contributed by atoms with E-state index in [9.17, 15) is 0 Å². The van der Waals surface area contributed by atoms with Crippen molar-refractivity contribution >= 4 is 0 Å².